The summed E-state index contributed by atoms with van der Waals surface area (Å²) in [6.07, 6.45) is 10.5. The lowest BCUT2D eigenvalue weighted by molar-refractivity contribution is -0.151. The Morgan fingerprint density at radius 2 is 1.91 bits per heavy atom. The SMILES string of the molecule is COC(=O)CCC(C)C1CC[C@H]2C3CC[C@@H]4C[C@H](OC(C)=O)CCC4(C)C3=CC(=O)C12C. The van der Waals surface area contributed by atoms with Gasteiger partial charge >= 0.3 is 11.9 Å². The topological polar surface area (TPSA) is 69.7 Å². The van der Waals surface area contributed by atoms with Gasteiger partial charge < -0.3 is 9.47 Å². The van der Waals surface area contributed by atoms with Gasteiger partial charge in [-0.3, -0.25) is 14.4 Å². The number of hydrogen-bond acceptors (Lipinski definition) is 5. The summed E-state index contributed by atoms with van der Waals surface area (Å²) in [6, 6.07) is 0. The van der Waals surface area contributed by atoms with Crippen LogP contribution in [-0.4, -0.2) is 30.9 Å². The van der Waals surface area contributed by atoms with Gasteiger partial charge in [-0.2, -0.15) is 0 Å². The zero-order chi connectivity index (χ0) is 23.3. The summed E-state index contributed by atoms with van der Waals surface area (Å²) >= 11 is 0. The van der Waals surface area contributed by atoms with E-state index in [1.807, 2.05) is 6.08 Å². The molecule has 0 aliphatic heterocycles. The van der Waals surface area contributed by atoms with E-state index in [-0.39, 0.29) is 28.9 Å². The predicted molar refractivity (Wildman–Crippen MR) is 122 cm³/mol. The molecule has 0 spiro atoms. The van der Waals surface area contributed by atoms with Crippen molar-refractivity contribution >= 4 is 17.7 Å². The normalized spacial score (nSPS) is 41.6. The summed E-state index contributed by atoms with van der Waals surface area (Å²) in [5.41, 5.74) is 1.12. The molecule has 0 aromatic rings. The van der Waals surface area contributed by atoms with Crippen molar-refractivity contribution in [3.63, 3.8) is 0 Å². The molecule has 5 heteroatoms. The Balaban J connectivity index is 1.56. The summed E-state index contributed by atoms with van der Waals surface area (Å²) in [5.74, 6) is 1.99. The molecule has 0 aromatic carbocycles. The first kappa shape index (κ1) is 23.5. The quantitative estimate of drug-likeness (QED) is 0.541. The van der Waals surface area contributed by atoms with E-state index < -0.39 is 0 Å². The highest BCUT2D eigenvalue weighted by Crippen LogP contribution is 2.65. The minimum atomic E-state index is -0.318. The summed E-state index contributed by atoms with van der Waals surface area (Å²) in [5, 5.41) is 0. The van der Waals surface area contributed by atoms with Crippen molar-refractivity contribution in [1.82, 2.24) is 0 Å². The average molecular weight is 445 g/mol. The minimum absolute atomic E-state index is 0.0267. The molecule has 0 radical (unpaired) electrons. The van der Waals surface area contributed by atoms with Gasteiger partial charge in [-0.1, -0.05) is 26.3 Å². The van der Waals surface area contributed by atoms with Crippen molar-refractivity contribution in [3.8, 4) is 0 Å². The molecule has 3 saturated carbocycles. The van der Waals surface area contributed by atoms with Gasteiger partial charge in [0.2, 0.25) is 0 Å². The molecule has 4 rings (SSSR count). The molecule has 0 aromatic heterocycles. The number of rotatable bonds is 5. The molecule has 0 bridgehead atoms. The lowest BCUT2D eigenvalue weighted by atomic mass is 9.48. The van der Waals surface area contributed by atoms with E-state index in [9.17, 15) is 14.4 Å². The standard InChI is InChI=1S/C27H40O5/c1-16(6-11-25(30)31-5)21-9-10-22-20-8-7-18-14-19(32-17(2)28)12-13-26(18,3)23(20)15-24(29)27(21,22)4/h15-16,18-22H,6-14H2,1-5H3/t16?,18-,19-,20?,21?,22+,26?,27?/m1/s1. The Kier molecular flexibility index (Phi) is 6.32. The van der Waals surface area contributed by atoms with Gasteiger partial charge in [0.25, 0.3) is 0 Å². The van der Waals surface area contributed by atoms with E-state index in [1.165, 1.54) is 19.6 Å². The smallest absolute Gasteiger partial charge is 0.305 e. The summed E-state index contributed by atoms with van der Waals surface area (Å²) < 4.78 is 10.4. The Hall–Kier alpha value is -1.65. The maximum atomic E-state index is 13.8. The van der Waals surface area contributed by atoms with Gasteiger partial charge in [-0.05, 0) is 92.4 Å². The van der Waals surface area contributed by atoms with Crippen molar-refractivity contribution in [2.75, 3.05) is 7.11 Å². The zero-order valence-electron chi connectivity index (χ0n) is 20.4. The number of hydrogen-bond donors (Lipinski definition) is 0. The number of carbonyl (C=O) groups is 3. The second-order valence-electron chi connectivity index (χ2n) is 11.4. The molecule has 0 saturated heterocycles. The van der Waals surface area contributed by atoms with E-state index in [0.717, 1.165) is 51.4 Å². The number of allylic oxidation sites excluding steroid dienone is 2. The Morgan fingerprint density at radius 3 is 2.59 bits per heavy atom. The van der Waals surface area contributed by atoms with E-state index in [0.29, 0.717) is 41.8 Å². The first-order valence-corrected chi connectivity index (χ1v) is 12.6. The van der Waals surface area contributed by atoms with Gasteiger partial charge in [0.1, 0.15) is 6.10 Å². The van der Waals surface area contributed by atoms with Crippen molar-refractivity contribution < 1.29 is 23.9 Å². The maximum Gasteiger partial charge on any atom is 0.305 e. The highest BCUT2D eigenvalue weighted by Gasteiger charge is 2.61. The third-order valence-electron chi connectivity index (χ3n) is 10.0. The van der Waals surface area contributed by atoms with Crippen LogP contribution in [0.3, 0.4) is 0 Å². The molecular formula is C27H40O5. The van der Waals surface area contributed by atoms with Crippen LogP contribution in [0.2, 0.25) is 0 Å². The van der Waals surface area contributed by atoms with Crippen molar-refractivity contribution in [2.45, 2.75) is 91.6 Å². The summed E-state index contributed by atoms with van der Waals surface area (Å²) in [4.78, 5) is 36.9. The van der Waals surface area contributed by atoms with Crippen LogP contribution in [0.4, 0.5) is 0 Å². The van der Waals surface area contributed by atoms with E-state index >= 15 is 0 Å². The third kappa shape index (κ3) is 3.74. The molecule has 0 amide bonds. The van der Waals surface area contributed by atoms with Crippen LogP contribution in [0.1, 0.15) is 85.5 Å². The number of ketones is 1. The van der Waals surface area contributed by atoms with Gasteiger partial charge in [0.05, 0.1) is 7.11 Å². The van der Waals surface area contributed by atoms with Crippen LogP contribution in [0.15, 0.2) is 11.6 Å². The zero-order valence-corrected chi connectivity index (χ0v) is 20.4. The highest BCUT2D eigenvalue weighted by atomic mass is 16.5. The maximum absolute atomic E-state index is 13.8. The van der Waals surface area contributed by atoms with E-state index in [4.69, 9.17) is 9.47 Å². The Bertz CT molecular complexity index is 815. The molecule has 32 heavy (non-hydrogen) atoms. The number of carbonyl (C=O) groups excluding carboxylic acids is 3. The second kappa shape index (κ2) is 8.61. The first-order valence-electron chi connectivity index (χ1n) is 12.6. The third-order valence-corrected chi connectivity index (χ3v) is 10.0. The van der Waals surface area contributed by atoms with E-state index in [2.05, 4.69) is 20.8 Å². The van der Waals surface area contributed by atoms with E-state index in [1.54, 1.807) is 0 Å². The summed E-state index contributed by atoms with van der Waals surface area (Å²) in [6.45, 7) is 8.28. The van der Waals surface area contributed by atoms with Crippen molar-refractivity contribution in [2.24, 2.45) is 40.4 Å². The van der Waals surface area contributed by atoms with Crippen LogP contribution in [-0.2, 0) is 23.9 Å². The van der Waals surface area contributed by atoms with Gasteiger partial charge in [-0.25, -0.2) is 0 Å². The second-order valence-corrected chi connectivity index (χ2v) is 11.4. The van der Waals surface area contributed by atoms with Crippen LogP contribution >= 0.6 is 0 Å². The fourth-order valence-corrected chi connectivity index (χ4v) is 8.21. The largest absolute Gasteiger partial charge is 0.469 e. The van der Waals surface area contributed by atoms with Crippen LogP contribution in [0.25, 0.3) is 0 Å². The molecule has 8 atom stereocenters. The molecule has 178 valence electrons. The van der Waals surface area contributed by atoms with Crippen LogP contribution in [0, 0.1) is 40.4 Å². The molecule has 0 heterocycles. The molecule has 5 nitrogen and oxygen atoms in total. The van der Waals surface area contributed by atoms with Gasteiger partial charge in [0.15, 0.2) is 5.78 Å². The Morgan fingerprint density at radius 1 is 1.16 bits per heavy atom. The first-order chi connectivity index (χ1) is 15.1. The molecule has 0 N–H and O–H groups in total. The van der Waals surface area contributed by atoms with Crippen molar-refractivity contribution in [1.29, 1.82) is 0 Å². The fourth-order valence-electron chi connectivity index (χ4n) is 8.21. The minimum Gasteiger partial charge on any atom is -0.469 e. The molecular weight excluding hydrogens is 404 g/mol. The lowest BCUT2D eigenvalue weighted by Gasteiger charge is -2.56. The monoisotopic (exact) mass is 444 g/mol. The van der Waals surface area contributed by atoms with Gasteiger partial charge in [-0.15, -0.1) is 0 Å². The number of ether oxygens (including phenoxy) is 2. The van der Waals surface area contributed by atoms with Gasteiger partial charge in [0, 0.05) is 18.8 Å². The van der Waals surface area contributed by atoms with Crippen LogP contribution < -0.4 is 0 Å². The highest BCUT2D eigenvalue weighted by molar-refractivity contribution is 5.97. The Labute approximate surface area is 192 Å². The number of methoxy groups -OCH3 is 1. The molecule has 3 fully saturated rings. The number of fused-ring (bicyclic) bond motifs is 5. The molecule has 4 aliphatic rings. The molecule has 5 unspecified atom stereocenters. The van der Waals surface area contributed by atoms with Crippen molar-refractivity contribution in [3.05, 3.63) is 11.6 Å². The predicted octanol–water partition coefficient (Wildman–Crippen LogP) is 5.27. The fraction of sp³-hybridized carbons (Fsp3) is 0.815. The average Bonchev–Trinajstić information content (AvgIpc) is 3.11. The van der Waals surface area contributed by atoms with Crippen LogP contribution in [0.5, 0.6) is 0 Å². The lowest BCUT2D eigenvalue weighted by Crippen LogP contribution is -2.52. The summed E-state index contributed by atoms with van der Waals surface area (Å²) in [7, 11) is 1.44. The number of esters is 2. The molecule has 4 aliphatic carbocycles.